The van der Waals surface area contributed by atoms with Crippen molar-refractivity contribution in [2.45, 2.75) is 46.1 Å². The Labute approximate surface area is 81.9 Å². The molecule has 0 aromatic heterocycles. The Kier molecular flexibility index (Phi) is 3.74. The lowest BCUT2D eigenvalue weighted by atomic mass is 9.93. The zero-order valence-electron chi connectivity index (χ0n) is 9.21. The van der Waals surface area contributed by atoms with Crippen LogP contribution in [-0.4, -0.2) is 35.7 Å². The molecule has 1 fully saturated rings. The summed E-state index contributed by atoms with van der Waals surface area (Å²) >= 11 is 0. The summed E-state index contributed by atoms with van der Waals surface area (Å²) in [5.74, 6) is 0. The van der Waals surface area contributed by atoms with Gasteiger partial charge >= 0.3 is 0 Å². The molecule has 0 aromatic carbocycles. The molecular formula is C11H23NO. The van der Waals surface area contributed by atoms with Gasteiger partial charge in [0.05, 0.1) is 6.61 Å². The van der Waals surface area contributed by atoms with Gasteiger partial charge in [-0.15, -0.1) is 0 Å². The lowest BCUT2D eigenvalue weighted by molar-refractivity contribution is 0.0624. The molecule has 1 heterocycles. The van der Waals surface area contributed by atoms with Crippen molar-refractivity contribution in [2.75, 3.05) is 19.7 Å². The number of piperidine rings is 1. The number of rotatable bonds is 2. The van der Waals surface area contributed by atoms with E-state index in [2.05, 4.69) is 25.7 Å². The fourth-order valence-electron chi connectivity index (χ4n) is 2.08. The summed E-state index contributed by atoms with van der Waals surface area (Å²) in [4.78, 5) is 2.45. The van der Waals surface area contributed by atoms with Gasteiger partial charge in [0.15, 0.2) is 0 Å². The van der Waals surface area contributed by atoms with Crippen molar-refractivity contribution in [3.05, 3.63) is 0 Å². The van der Waals surface area contributed by atoms with E-state index in [-0.39, 0.29) is 0 Å². The molecule has 0 radical (unpaired) electrons. The highest BCUT2D eigenvalue weighted by Crippen LogP contribution is 2.22. The first kappa shape index (κ1) is 11.0. The highest BCUT2D eigenvalue weighted by Gasteiger charge is 2.25. The summed E-state index contributed by atoms with van der Waals surface area (Å²) in [6.45, 7) is 9.39. The predicted octanol–water partition coefficient (Wildman–Crippen LogP) is 1.88. The van der Waals surface area contributed by atoms with Crippen LogP contribution in [0.15, 0.2) is 0 Å². The van der Waals surface area contributed by atoms with Crippen LogP contribution >= 0.6 is 0 Å². The van der Waals surface area contributed by atoms with Crippen LogP contribution in [0.4, 0.5) is 0 Å². The number of hydrogen-bond acceptors (Lipinski definition) is 2. The molecule has 1 aliphatic heterocycles. The molecule has 0 unspecified atom stereocenters. The van der Waals surface area contributed by atoms with Gasteiger partial charge in [0.1, 0.15) is 0 Å². The number of aliphatic hydroxyl groups excluding tert-OH is 1. The summed E-state index contributed by atoms with van der Waals surface area (Å²) in [7, 11) is 0. The van der Waals surface area contributed by atoms with Crippen molar-refractivity contribution in [3.8, 4) is 0 Å². The molecule has 0 saturated carbocycles. The fourth-order valence-corrected chi connectivity index (χ4v) is 2.08. The minimum absolute atomic E-state index is 0.329. The molecule has 2 nitrogen and oxygen atoms in total. The molecule has 1 rings (SSSR count). The summed E-state index contributed by atoms with van der Waals surface area (Å²) in [6, 6.07) is 0.424. The highest BCUT2D eigenvalue weighted by molar-refractivity contribution is 4.79. The minimum atomic E-state index is 0.329. The maximum absolute atomic E-state index is 9.22. The van der Waals surface area contributed by atoms with Crippen LogP contribution < -0.4 is 0 Å². The SMILES string of the molecule is CC(C)(C)CN1CCCC[C@@H]1CO. The lowest BCUT2D eigenvalue weighted by Crippen LogP contribution is -2.45. The zero-order chi connectivity index (χ0) is 9.90. The molecule has 1 N–H and O–H groups in total. The molecule has 1 saturated heterocycles. The third-order valence-corrected chi connectivity index (χ3v) is 2.64. The standard InChI is InChI=1S/C11H23NO/c1-11(2,3)9-12-7-5-4-6-10(12)8-13/h10,13H,4-9H2,1-3H3/t10-/m1/s1. The Bertz CT molecular complexity index is 151. The smallest absolute Gasteiger partial charge is 0.0586 e. The van der Waals surface area contributed by atoms with Crippen molar-refractivity contribution < 1.29 is 5.11 Å². The van der Waals surface area contributed by atoms with Gasteiger partial charge < -0.3 is 5.11 Å². The third-order valence-electron chi connectivity index (χ3n) is 2.64. The number of aliphatic hydroxyl groups is 1. The normalized spacial score (nSPS) is 26.3. The zero-order valence-corrected chi connectivity index (χ0v) is 9.21. The molecule has 1 aliphatic rings. The average Bonchev–Trinajstić information content (AvgIpc) is 2.02. The van der Waals surface area contributed by atoms with Crippen LogP contribution in [0.5, 0.6) is 0 Å². The molecule has 0 aromatic rings. The van der Waals surface area contributed by atoms with Crippen molar-refractivity contribution in [1.29, 1.82) is 0 Å². The van der Waals surface area contributed by atoms with Crippen LogP contribution in [0.2, 0.25) is 0 Å². The summed E-state index contributed by atoms with van der Waals surface area (Å²) in [5, 5.41) is 9.22. The first-order valence-electron chi connectivity index (χ1n) is 5.38. The molecule has 0 amide bonds. The summed E-state index contributed by atoms with van der Waals surface area (Å²) in [5.41, 5.74) is 0.352. The Balaban J connectivity index is 2.45. The second kappa shape index (κ2) is 4.43. The Morgan fingerprint density at radius 2 is 2.00 bits per heavy atom. The molecule has 78 valence electrons. The molecule has 2 heteroatoms. The second-order valence-corrected chi connectivity index (χ2v) is 5.36. The van der Waals surface area contributed by atoms with E-state index in [0.717, 1.165) is 6.54 Å². The molecule has 0 bridgehead atoms. The van der Waals surface area contributed by atoms with Crippen molar-refractivity contribution in [3.63, 3.8) is 0 Å². The topological polar surface area (TPSA) is 23.5 Å². The van der Waals surface area contributed by atoms with Crippen LogP contribution in [0.25, 0.3) is 0 Å². The van der Waals surface area contributed by atoms with Gasteiger partial charge in [0, 0.05) is 12.6 Å². The highest BCUT2D eigenvalue weighted by atomic mass is 16.3. The monoisotopic (exact) mass is 185 g/mol. The maximum atomic E-state index is 9.22. The Hall–Kier alpha value is -0.0800. The first-order valence-corrected chi connectivity index (χ1v) is 5.38. The predicted molar refractivity (Wildman–Crippen MR) is 55.8 cm³/mol. The van der Waals surface area contributed by atoms with E-state index in [1.165, 1.54) is 25.8 Å². The number of nitrogens with zero attached hydrogens (tertiary/aromatic N) is 1. The Morgan fingerprint density at radius 3 is 2.54 bits per heavy atom. The van der Waals surface area contributed by atoms with Crippen molar-refractivity contribution in [1.82, 2.24) is 4.90 Å². The van der Waals surface area contributed by atoms with Crippen LogP contribution in [0.1, 0.15) is 40.0 Å². The lowest BCUT2D eigenvalue weighted by Gasteiger charge is -2.38. The van der Waals surface area contributed by atoms with Gasteiger partial charge in [0.25, 0.3) is 0 Å². The average molecular weight is 185 g/mol. The van der Waals surface area contributed by atoms with Crippen LogP contribution in [-0.2, 0) is 0 Å². The van der Waals surface area contributed by atoms with E-state index in [1.807, 2.05) is 0 Å². The van der Waals surface area contributed by atoms with E-state index in [9.17, 15) is 5.11 Å². The third kappa shape index (κ3) is 3.65. The quantitative estimate of drug-likeness (QED) is 0.710. The van der Waals surface area contributed by atoms with Gasteiger partial charge in [-0.1, -0.05) is 27.2 Å². The van der Waals surface area contributed by atoms with Crippen molar-refractivity contribution in [2.24, 2.45) is 5.41 Å². The van der Waals surface area contributed by atoms with E-state index in [0.29, 0.717) is 18.1 Å². The molecular weight excluding hydrogens is 162 g/mol. The van der Waals surface area contributed by atoms with Gasteiger partial charge in [-0.05, 0) is 24.8 Å². The van der Waals surface area contributed by atoms with Crippen LogP contribution in [0, 0.1) is 5.41 Å². The largest absolute Gasteiger partial charge is 0.395 e. The second-order valence-electron chi connectivity index (χ2n) is 5.36. The van der Waals surface area contributed by atoms with Crippen LogP contribution in [0.3, 0.4) is 0 Å². The molecule has 0 aliphatic carbocycles. The van der Waals surface area contributed by atoms with E-state index in [4.69, 9.17) is 0 Å². The minimum Gasteiger partial charge on any atom is -0.395 e. The van der Waals surface area contributed by atoms with Gasteiger partial charge in [-0.3, -0.25) is 4.90 Å². The molecule has 13 heavy (non-hydrogen) atoms. The first-order chi connectivity index (χ1) is 6.03. The van der Waals surface area contributed by atoms with Gasteiger partial charge in [-0.2, -0.15) is 0 Å². The maximum Gasteiger partial charge on any atom is 0.0586 e. The molecule has 1 atom stereocenters. The Morgan fingerprint density at radius 1 is 1.31 bits per heavy atom. The van der Waals surface area contributed by atoms with Gasteiger partial charge in [0.2, 0.25) is 0 Å². The van der Waals surface area contributed by atoms with Crippen molar-refractivity contribution >= 4 is 0 Å². The van der Waals surface area contributed by atoms with E-state index >= 15 is 0 Å². The number of likely N-dealkylation sites (tertiary alicyclic amines) is 1. The van der Waals surface area contributed by atoms with Gasteiger partial charge in [-0.25, -0.2) is 0 Å². The summed E-state index contributed by atoms with van der Waals surface area (Å²) < 4.78 is 0. The summed E-state index contributed by atoms with van der Waals surface area (Å²) in [6.07, 6.45) is 3.75. The van der Waals surface area contributed by atoms with E-state index in [1.54, 1.807) is 0 Å². The molecule has 0 spiro atoms. The van der Waals surface area contributed by atoms with E-state index < -0.39 is 0 Å². The number of hydrogen-bond donors (Lipinski definition) is 1. The fraction of sp³-hybridized carbons (Fsp3) is 1.00.